The number of nitrogens with zero attached hydrogens (tertiary/aromatic N) is 3. The Morgan fingerprint density at radius 2 is 1.77 bits per heavy atom. The van der Waals surface area contributed by atoms with Gasteiger partial charge in [-0.25, -0.2) is 0 Å². The van der Waals surface area contributed by atoms with E-state index in [2.05, 4.69) is 15.3 Å². The maximum atomic E-state index is 13.1. The van der Waals surface area contributed by atoms with Gasteiger partial charge in [0.25, 0.3) is 5.89 Å². The second-order valence-electron chi connectivity index (χ2n) is 5.11. The molecular formula is C17H12F3N3O3. The molecule has 3 aromatic rings. The van der Waals surface area contributed by atoms with E-state index < -0.39 is 18.5 Å². The highest BCUT2D eigenvalue weighted by atomic mass is 19.4. The maximum absolute atomic E-state index is 13.1. The molecule has 0 aliphatic heterocycles. The third-order valence-electron chi connectivity index (χ3n) is 3.27. The largest absolute Gasteiger partial charge is 0.507 e. The summed E-state index contributed by atoms with van der Waals surface area (Å²) in [5, 5.41) is 16.5. The third-order valence-corrected chi connectivity index (χ3v) is 3.27. The molecule has 1 N–H and O–H groups in total. The summed E-state index contributed by atoms with van der Waals surface area (Å²) >= 11 is 0. The minimum atomic E-state index is -4.68. The first-order valence-corrected chi connectivity index (χ1v) is 7.38. The number of para-hydroxylation sites is 1. The van der Waals surface area contributed by atoms with Gasteiger partial charge in [0.15, 0.2) is 12.3 Å². The molecule has 0 unspecified atom stereocenters. The van der Waals surface area contributed by atoms with Gasteiger partial charge < -0.3 is 14.5 Å². The first kappa shape index (κ1) is 17.5. The van der Waals surface area contributed by atoms with Crippen LogP contribution in [0, 0.1) is 0 Å². The molecule has 9 heteroatoms. The van der Waals surface area contributed by atoms with Crippen LogP contribution in [0.15, 0.2) is 64.3 Å². The molecule has 134 valence electrons. The van der Waals surface area contributed by atoms with Gasteiger partial charge in [-0.1, -0.05) is 52.8 Å². The number of phenolic OH excluding ortho intramolecular Hbond substituents is 1. The van der Waals surface area contributed by atoms with Crippen LogP contribution in [0.2, 0.25) is 0 Å². The highest BCUT2D eigenvalue weighted by molar-refractivity contribution is 6.04. The molecule has 26 heavy (non-hydrogen) atoms. The quantitative estimate of drug-likeness (QED) is 0.549. The van der Waals surface area contributed by atoms with E-state index >= 15 is 0 Å². The Morgan fingerprint density at radius 1 is 1.08 bits per heavy atom. The highest BCUT2D eigenvalue weighted by Crippen LogP contribution is 2.27. The summed E-state index contributed by atoms with van der Waals surface area (Å²) in [5.41, 5.74) is -0.986. The summed E-state index contributed by atoms with van der Waals surface area (Å²) in [6, 6.07) is 13.4. The minimum Gasteiger partial charge on any atom is -0.507 e. The zero-order chi connectivity index (χ0) is 18.6. The smallest absolute Gasteiger partial charge is 0.437 e. The second kappa shape index (κ2) is 7.26. The molecule has 2 aromatic carbocycles. The first-order valence-electron chi connectivity index (χ1n) is 7.38. The highest BCUT2D eigenvalue weighted by Gasteiger charge is 2.37. The van der Waals surface area contributed by atoms with Crippen LogP contribution in [0.5, 0.6) is 5.75 Å². The average molecular weight is 363 g/mol. The molecule has 0 spiro atoms. The summed E-state index contributed by atoms with van der Waals surface area (Å²) in [6.45, 7) is -0.427. The number of oxime groups is 1. The average Bonchev–Trinajstić information content (AvgIpc) is 3.07. The van der Waals surface area contributed by atoms with Crippen molar-refractivity contribution in [2.24, 2.45) is 5.16 Å². The van der Waals surface area contributed by atoms with Crippen molar-refractivity contribution in [1.82, 2.24) is 10.1 Å². The van der Waals surface area contributed by atoms with Crippen LogP contribution in [0.1, 0.15) is 11.4 Å². The Balaban J connectivity index is 1.74. The number of hydrogen-bond acceptors (Lipinski definition) is 6. The number of hydrogen-bond donors (Lipinski definition) is 1. The van der Waals surface area contributed by atoms with Crippen LogP contribution in [-0.2, 0) is 11.4 Å². The van der Waals surface area contributed by atoms with E-state index in [0.717, 1.165) is 0 Å². The molecule has 0 radical (unpaired) electrons. The fraction of sp³-hybridized carbons (Fsp3) is 0.118. The van der Waals surface area contributed by atoms with E-state index in [9.17, 15) is 18.3 Å². The molecule has 0 aliphatic carbocycles. The Labute approximate surface area is 145 Å². The predicted molar refractivity (Wildman–Crippen MR) is 85.2 cm³/mol. The van der Waals surface area contributed by atoms with E-state index in [0.29, 0.717) is 5.56 Å². The third kappa shape index (κ3) is 4.00. The second-order valence-corrected chi connectivity index (χ2v) is 5.11. The van der Waals surface area contributed by atoms with Gasteiger partial charge >= 0.3 is 6.18 Å². The van der Waals surface area contributed by atoms with Crippen molar-refractivity contribution in [3.8, 4) is 17.2 Å². The molecule has 0 amide bonds. The van der Waals surface area contributed by atoms with Gasteiger partial charge in [0, 0.05) is 5.56 Å². The lowest BCUT2D eigenvalue weighted by molar-refractivity contribution is -0.0619. The van der Waals surface area contributed by atoms with E-state index in [1.54, 1.807) is 24.3 Å². The number of aromatic nitrogens is 2. The standard InChI is InChI=1S/C17H12F3N3O3/c18-17(19,20)15(11-6-2-1-3-7-11)23-25-10-14-21-16(26-22-14)12-8-4-5-9-13(12)24/h1-9,24H,10H2/b23-15-. The van der Waals surface area contributed by atoms with E-state index in [4.69, 9.17) is 9.36 Å². The van der Waals surface area contributed by atoms with Gasteiger partial charge in [-0.15, -0.1) is 0 Å². The fourth-order valence-corrected chi connectivity index (χ4v) is 2.10. The Kier molecular flexibility index (Phi) is 4.87. The first-order chi connectivity index (χ1) is 12.4. The maximum Gasteiger partial charge on any atom is 0.437 e. The summed E-state index contributed by atoms with van der Waals surface area (Å²) in [5.74, 6) is -0.0588. The van der Waals surface area contributed by atoms with Crippen molar-refractivity contribution in [1.29, 1.82) is 0 Å². The van der Waals surface area contributed by atoms with Gasteiger partial charge in [-0.3, -0.25) is 0 Å². The summed E-state index contributed by atoms with van der Waals surface area (Å²) in [7, 11) is 0. The molecule has 0 atom stereocenters. The van der Waals surface area contributed by atoms with Crippen molar-refractivity contribution >= 4 is 5.71 Å². The normalized spacial score (nSPS) is 12.2. The van der Waals surface area contributed by atoms with Crippen molar-refractivity contribution in [3.05, 3.63) is 66.0 Å². The van der Waals surface area contributed by atoms with Crippen molar-refractivity contribution in [2.75, 3.05) is 0 Å². The van der Waals surface area contributed by atoms with Crippen LogP contribution < -0.4 is 0 Å². The van der Waals surface area contributed by atoms with Gasteiger partial charge in [-0.05, 0) is 12.1 Å². The Morgan fingerprint density at radius 3 is 2.46 bits per heavy atom. The summed E-state index contributed by atoms with van der Waals surface area (Å²) in [6.07, 6.45) is -4.68. The van der Waals surface area contributed by atoms with Crippen molar-refractivity contribution in [3.63, 3.8) is 0 Å². The number of alkyl halides is 3. The fourth-order valence-electron chi connectivity index (χ4n) is 2.10. The minimum absolute atomic E-state index is 0.0124. The number of halogens is 3. The number of aromatic hydroxyl groups is 1. The molecule has 0 bridgehead atoms. The van der Waals surface area contributed by atoms with Crippen LogP contribution in [0.4, 0.5) is 13.2 Å². The van der Waals surface area contributed by atoms with Gasteiger partial charge in [-0.2, -0.15) is 18.2 Å². The van der Waals surface area contributed by atoms with Gasteiger partial charge in [0.1, 0.15) is 5.75 Å². The van der Waals surface area contributed by atoms with E-state index in [1.165, 1.54) is 30.3 Å². The molecule has 0 saturated carbocycles. The van der Waals surface area contributed by atoms with Gasteiger partial charge in [0.05, 0.1) is 5.56 Å². The van der Waals surface area contributed by atoms with Crippen LogP contribution in [0.25, 0.3) is 11.5 Å². The van der Waals surface area contributed by atoms with Crippen molar-refractivity contribution in [2.45, 2.75) is 12.8 Å². The predicted octanol–water partition coefficient (Wildman–Crippen LogP) is 3.93. The number of benzene rings is 2. The zero-order valence-corrected chi connectivity index (χ0v) is 13.1. The number of rotatable bonds is 5. The summed E-state index contributed by atoms with van der Waals surface area (Å²) < 4.78 is 44.3. The molecule has 0 saturated heterocycles. The Hall–Kier alpha value is -3.36. The topological polar surface area (TPSA) is 80.7 Å². The van der Waals surface area contributed by atoms with Crippen molar-refractivity contribution < 1.29 is 27.6 Å². The summed E-state index contributed by atoms with van der Waals surface area (Å²) in [4.78, 5) is 8.72. The molecule has 3 rings (SSSR count). The SMILES string of the molecule is Oc1ccccc1-c1nc(CO/N=C(/c2ccccc2)C(F)(F)F)no1. The molecule has 1 heterocycles. The number of phenols is 1. The van der Waals surface area contributed by atoms with E-state index in [1.807, 2.05) is 0 Å². The molecule has 6 nitrogen and oxygen atoms in total. The van der Waals surface area contributed by atoms with Gasteiger partial charge in [0.2, 0.25) is 5.82 Å². The monoisotopic (exact) mass is 363 g/mol. The van der Waals surface area contributed by atoms with E-state index in [-0.39, 0.29) is 23.0 Å². The lowest BCUT2D eigenvalue weighted by atomic mass is 10.1. The molecule has 1 aromatic heterocycles. The van der Waals surface area contributed by atoms with Crippen LogP contribution >= 0.6 is 0 Å². The van der Waals surface area contributed by atoms with Crippen LogP contribution in [0.3, 0.4) is 0 Å². The molecule has 0 aliphatic rings. The zero-order valence-electron chi connectivity index (χ0n) is 13.1. The van der Waals surface area contributed by atoms with Crippen LogP contribution in [-0.4, -0.2) is 27.1 Å². The lowest BCUT2D eigenvalue weighted by Crippen LogP contribution is -2.24. The lowest BCUT2D eigenvalue weighted by Gasteiger charge is -2.09. The Bertz CT molecular complexity index is 908. The molecule has 0 fully saturated rings. The molecular weight excluding hydrogens is 351 g/mol.